The molecular weight excluding hydrogens is 406 g/mol. The van der Waals surface area contributed by atoms with E-state index in [1.165, 1.54) is 69.8 Å². The van der Waals surface area contributed by atoms with Gasteiger partial charge < -0.3 is 4.74 Å². The second kappa shape index (κ2) is 13.2. The Morgan fingerprint density at radius 1 is 0.939 bits per heavy atom. The number of carbonyl (C=O) groups excluding carboxylic acids is 1. The number of esters is 1. The summed E-state index contributed by atoms with van der Waals surface area (Å²) >= 11 is 0. The van der Waals surface area contributed by atoms with Crippen LogP contribution in [0.3, 0.4) is 0 Å². The first-order chi connectivity index (χ1) is 16.1. The summed E-state index contributed by atoms with van der Waals surface area (Å²) in [5, 5.41) is 9.58. The van der Waals surface area contributed by atoms with E-state index in [9.17, 15) is 10.1 Å². The summed E-state index contributed by atoms with van der Waals surface area (Å²) in [5.74, 6) is 1.36. The lowest BCUT2D eigenvalue weighted by Gasteiger charge is -2.26. The Morgan fingerprint density at radius 2 is 1.61 bits per heavy atom. The first-order valence-electron chi connectivity index (χ1n) is 13.0. The molecule has 1 saturated carbocycles. The molecule has 1 fully saturated rings. The van der Waals surface area contributed by atoms with Gasteiger partial charge in [0.1, 0.15) is 11.8 Å². The molecule has 33 heavy (non-hydrogen) atoms. The van der Waals surface area contributed by atoms with Crippen molar-refractivity contribution in [2.75, 3.05) is 0 Å². The van der Waals surface area contributed by atoms with Crippen molar-refractivity contribution >= 4 is 5.97 Å². The van der Waals surface area contributed by atoms with Gasteiger partial charge in [-0.25, -0.2) is 4.79 Å². The van der Waals surface area contributed by atoms with Crippen molar-refractivity contribution < 1.29 is 9.53 Å². The SMILES string of the molecule is CCCCCCCCCc1ccc(OC(=O)c2ccc(C3CCC(C)CC3)cc2)c(C#N)c1. The molecular formula is C30H39NO2. The highest BCUT2D eigenvalue weighted by Crippen LogP contribution is 2.35. The molecule has 0 N–H and O–H groups in total. The number of nitriles is 1. The molecule has 0 unspecified atom stereocenters. The number of unbranched alkanes of at least 4 members (excludes halogenated alkanes) is 6. The van der Waals surface area contributed by atoms with E-state index in [0.29, 0.717) is 22.8 Å². The van der Waals surface area contributed by atoms with Gasteiger partial charge in [-0.1, -0.05) is 83.4 Å². The van der Waals surface area contributed by atoms with Gasteiger partial charge in [-0.2, -0.15) is 5.26 Å². The third-order valence-corrected chi connectivity index (χ3v) is 7.07. The molecule has 0 bridgehead atoms. The van der Waals surface area contributed by atoms with Crippen LogP contribution in [-0.4, -0.2) is 5.97 Å². The van der Waals surface area contributed by atoms with Gasteiger partial charge in [-0.15, -0.1) is 0 Å². The van der Waals surface area contributed by atoms with Gasteiger partial charge in [0.2, 0.25) is 0 Å². The van der Waals surface area contributed by atoms with Gasteiger partial charge >= 0.3 is 5.97 Å². The molecule has 0 aromatic heterocycles. The molecule has 1 aliphatic carbocycles. The number of hydrogen-bond acceptors (Lipinski definition) is 3. The zero-order valence-electron chi connectivity index (χ0n) is 20.4. The first-order valence-corrected chi connectivity index (χ1v) is 13.0. The van der Waals surface area contributed by atoms with Crippen molar-refractivity contribution in [3.8, 4) is 11.8 Å². The van der Waals surface area contributed by atoms with Crippen molar-refractivity contribution in [2.45, 2.75) is 96.8 Å². The molecule has 0 saturated heterocycles. The maximum atomic E-state index is 12.7. The Balaban J connectivity index is 1.52. The van der Waals surface area contributed by atoms with Crippen LogP contribution in [0, 0.1) is 17.2 Å². The Labute approximate surface area is 200 Å². The van der Waals surface area contributed by atoms with Crippen LogP contribution in [0.5, 0.6) is 5.75 Å². The van der Waals surface area contributed by atoms with Gasteiger partial charge in [0, 0.05) is 0 Å². The summed E-state index contributed by atoms with van der Waals surface area (Å²) in [6, 6.07) is 15.7. The fraction of sp³-hybridized carbons (Fsp3) is 0.533. The quantitative estimate of drug-likeness (QED) is 0.198. The number of rotatable bonds is 11. The third kappa shape index (κ3) is 7.74. The molecule has 3 heteroatoms. The van der Waals surface area contributed by atoms with Gasteiger partial charge in [0.25, 0.3) is 0 Å². The predicted molar refractivity (Wildman–Crippen MR) is 135 cm³/mol. The van der Waals surface area contributed by atoms with E-state index in [1.54, 1.807) is 6.07 Å². The van der Waals surface area contributed by atoms with E-state index in [4.69, 9.17) is 4.74 Å². The molecule has 0 spiro atoms. The van der Waals surface area contributed by atoms with Gasteiger partial charge in [0.15, 0.2) is 0 Å². The highest BCUT2D eigenvalue weighted by atomic mass is 16.5. The molecule has 0 radical (unpaired) electrons. The van der Waals surface area contributed by atoms with Crippen LogP contribution in [0.15, 0.2) is 42.5 Å². The smallest absolute Gasteiger partial charge is 0.343 e. The fourth-order valence-corrected chi connectivity index (χ4v) is 4.84. The highest BCUT2D eigenvalue weighted by molar-refractivity contribution is 5.91. The van der Waals surface area contributed by atoms with Crippen LogP contribution in [0.2, 0.25) is 0 Å². The number of carbonyl (C=O) groups is 1. The lowest BCUT2D eigenvalue weighted by Crippen LogP contribution is -2.12. The number of hydrogen-bond donors (Lipinski definition) is 0. The minimum absolute atomic E-state index is 0.344. The van der Waals surface area contributed by atoms with Crippen molar-refractivity contribution in [3.63, 3.8) is 0 Å². The van der Waals surface area contributed by atoms with Gasteiger partial charge in [-0.05, 0) is 72.9 Å². The largest absolute Gasteiger partial charge is 0.422 e. The van der Waals surface area contributed by atoms with Gasteiger partial charge in [0.05, 0.1) is 11.1 Å². The molecule has 176 valence electrons. The summed E-state index contributed by atoms with van der Waals surface area (Å²) in [6.45, 7) is 4.56. The van der Waals surface area contributed by atoms with Crippen LogP contribution in [0.25, 0.3) is 0 Å². The maximum Gasteiger partial charge on any atom is 0.343 e. The van der Waals surface area contributed by atoms with Crippen molar-refractivity contribution in [3.05, 3.63) is 64.7 Å². The van der Waals surface area contributed by atoms with Crippen LogP contribution in [0.4, 0.5) is 0 Å². The maximum absolute atomic E-state index is 12.7. The lowest BCUT2D eigenvalue weighted by atomic mass is 9.79. The standard InChI is InChI=1S/C30H39NO2/c1-3-4-5-6-7-8-9-10-24-13-20-29(28(21-24)22-31)33-30(32)27-18-16-26(17-19-27)25-14-11-23(2)12-15-25/h13,16-21,23,25H,3-12,14-15H2,1-2H3. The molecule has 1 aliphatic rings. The number of nitrogens with zero attached hydrogens (tertiary/aromatic N) is 1. The lowest BCUT2D eigenvalue weighted by molar-refractivity contribution is 0.0734. The van der Waals surface area contributed by atoms with Crippen LogP contribution >= 0.6 is 0 Å². The number of ether oxygens (including phenoxy) is 1. The van der Waals surface area contributed by atoms with Crippen LogP contribution in [0.1, 0.15) is 117 Å². The third-order valence-electron chi connectivity index (χ3n) is 7.07. The van der Waals surface area contributed by atoms with E-state index in [2.05, 4.69) is 32.0 Å². The van der Waals surface area contributed by atoms with Crippen LogP contribution < -0.4 is 4.74 Å². The molecule has 2 aromatic rings. The Hall–Kier alpha value is -2.60. The fourth-order valence-electron chi connectivity index (χ4n) is 4.84. The minimum Gasteiger partial charge on any atom is -0.422 e. The number of aryl methyl sites for hydroxylation is 1. The topological polar surface area (TPSA) is 50.1 Å². The highest BCUT2D eigenvalue weighted by Gasteiger charge is 2.20. The summed E-state index contributed by atoms with van der Waals surface area (Å²) in [7, 11) is 0. The molecule has 0 heterocycles. The zero-order valence-corrected chi connectivity index (χ0v) is 20.4. The Morgan fingerprint density at radius 3 is 2.27 bits per heavy atom. The molecule has 3 nitrogen and oxygen atoms in total. The van der Waals surface area contributed by atoms with E-state index >= 15 is 0 Å². The van der Waals surface area contributed by atoms with Crippen molar-refractivity contribution in [2.24, 2.45) is 5.92 Å². The average Bonchev–Trinajstić information content (AvgIpc) is 2.84. The van der Waals surface area contributed by atoms with E-state index in [1.807, 2.05) is 24.3 Å². The summed E-state index contributed by atoms with van der Waals surface area (Å²) < 4.78 is 5.60. The second-order valence-electron chi connectivity index (χ2n) is 9.78. The van der Waals surface area contributed by atoms with Crippen LogP contribution in [-0.2, 0) is 6.42 Å². The van der Waals surface area contributed by atoms with Gasteiger partial charge in [-0.3, -0.25) is 0 Å². The Bertz CT molecular complexity index is 917. The monoisotopic (exact) mass is 445 g/mol. The number of benzene rings is 2. The van der Waals surface area contributed by atoms with Crippen molar-refractivity contribution in [1.29, 1.82) is 5.26 Å². The normalized spacial score (nSPS) is 18.0. The van der Waals surface area contributed by atoms with E-state index < -0.39 is 5.97 Å². The second-order valence-corrected chi connectivity index (χ2v) is 9.78. The molecule has 0 atom stereocenters. The Kier molecular flexibility index (Phi) is 10.0. The molecule has 0 aliphatic heterocycles. The summed E-state index contributed by atoms with van der Waals surface area (Å²) in [5.41, 5.74) is 3.40. The average molecular weight is 446 g/mol. The molecule has 0 amide bonds. The van der Waals surface area contributed by atoms with Crippen molar-refractivity contribution in [1.82, 2.24) is 0 Å². The summed E-state index contributed by atoms with van der Waals surface area (Å²) in [6.07, 6.45) is 14.8. The first kappa shape index (κ1) is 25.0. The minimum atomic E-state index is -0.407. The molecule has 3 rings (SSSR count). The predicted octanol–water partition coefficient (Wildman–Crippen LogP) is 8.36. The van der Waals surface area contributed by atoms with E-state index in [0.717, 1.165) is 24.3 Å². The molecule has 2 aromatic carbocycles. The van der Waals surface area contributed by atoms with E-state index in [-0.39, 0.29) is 0 Å². The zero-order chi connectivity index (χ0) is 23.5. The summed E-state index contributed by atoms with van der Waals surface area (Å²) in [4.78, 5) is 12.7.